The minimum atomic E-state index is -0.243. The van der Waals surface area contributed by atoms with Gasteiger partial charge in [-0.25, -0.2) is 9.37 Å². The third-order valence-electron chi connectivity index (χ3n) is 2.72. The molecule has 2 rings (SSSR count). The lowest BCUT2D eigenvalue weighted by atomic mass is 10.1. The lowest BCUT2D eigenvalue weighted by Gasteiger charge is -2.05. The molecule has 0 radical (unpaired) electrons. The number of hydrogen-bond acceptors (Lipinski definition) is 1. The molecular formula is C17H16FN. The van der Waals surface area contributed by atoms with Gasteiger partial charge in [0.1, 0.15) is 5.82 Å². The van der Waals surface area contributed by atoms with Crippen LogP contribution in [0.2, 0.25) is 0 Å². The topological polar surface area (TPSA) is 12.9 Å². The summed E-state index contributed by atoms with van der Waals surface area (Å²) < 4.78 is 13.6. The zero-order valence-corrected chi connectivity index (χ0v) is 11.2. The Balaban J connectivity index is 2.59. The van der Waals surface area contributed by atoms with E-state index in [4.69, 9.17) is 0 Å². The molecule has 1 aromatic heterocycles. The predicted molar refractivity (Wildman–Crippen MR) is 79.3 cm³/mol. The molecule has 0 saturated carbocycles. The Hall–Kier alpha value is -2.22. The Labute approximate surface area is 112 Å². The van der Waals surface area contributed by atoms with Gasteiger partial charge in [-0.2, -0.15) is 0 Å². The highest BCUT2D eigenvalue weighted by molar-refractivity contribution is 5.83. The molecule has 0 amide bonds. The van der Waals surface area contributed by atoms with Gasteiger partial charge in [-0.1, -0.05) is 36.4 Å². The van der Waals surface area contributed by atoms with Gasteiger partial charge >= 0.3 is 0 Å². The quantitative estimate of drug-likeness (QED) is 0.708. The summed E-state index contributed by atoms with van der Waals surface area (Å²) in [5.41, 5.74) is 3.41. The van der Waals surface area contributed by atoms with E-state index in [-0.39, 0.29) is 5.82 Å². The number of rotatable bonds is 3. The Morgan fingerprint density at radius 2 is 2.05 bits per heavy atom. The van der Waals surface area contributed by atoms with Crippen molar-refractivity contribution < 1.29 is 4.39 Å². The van der Waals surface area contributed by atoms with Crippen LogP contribution in [0.15, 0.2) is 60.7 Å². The zero-order chi connectivity index (χ0) is 13.8. The van der Waals surface area contributed by atoms with Crippen LogP contribution in [-0.2, 0) is 0 Å². The minimum absolute atomic E-state index is 0.243. The monoisotopic (exact) mass is 253 g/mol. The smallest absolute Gasteiger partial charge is 0.132 e. The number of aromatic nitrogens is 1. The van der Waals surface area contributed by atoms with E-state index in [2.05, 4.69) is 11.6 Å². The molecule has 2 aromatic rings. The van der Waals surface area contributed by atoms with E-state index in [0.29, 0.717) is 10.9 Å². The van der Waals surface area contributed by atoms with Crippen LogP contribution in [0.4, 0.5) is 4.39 Å². The molecule has 0 bridgehead atoms. The van der Waals surface area contributed by atoms with Crippen LogP contribution >= 0.6 is 0 Å². The van der Waals surface area contributed by atoms with Crippen molar-refractivity contribution in [1.82, 2.24) is 4.98 Å². The van der Waals surface area contributed by atoms with Crippen LogP contribution in [0.3, 0.4) is 0 Å². The van der Waals surface area contributed by atoms with Crippen molar-refractivity contribution in [3.8, 4) is 0 Å². The number of fused-ring (bicyclic) bond motifs is 1. The number of nitrogens with zero attached hydrogens (tertiary/aromatic N) is 1. The Bertz CT molecular complexity index is 681. The molecule has 19 heavy (non-hydrogen) atoms. The van der Waals surface area contributed by atoms with Gasteiger partial charge in [0.05, 0.1) is 11.2 Å². The van der Waals surface area contributed by atoms with Crippen LogP contribution < -0.4 is 0 Å². The van der Waals surface area contributed by atoms with Crippen LogP contribution in [0.1, 0.15) is 19.5 Å². The maximum Gasteiger partial charge on any atom is 0.132 e. The number of halogens is 1. The van der Waals surface area contributed by atoms with Crippen molar-refractivity contribution >= 4 is 16.5 Å². The molecule has 0 aliphatic carbocycles. The molecule has 0 aliphatic heterocycles. The van der Waals surface area contributed by atoms with Gasteiger partial charge in [-0.15, -0.1) is 0 Å². The lowest BCUT2D eigenvalue weighted by molar-refractivity contribution is 0.639. The first-order valence-electron chi connectivity index (χ1n) is 6.17. The lowest BCUT2D eigenvalue weighted by Crippen LogP contribution is -1.90. The summed E-state index contributed by atoms with van der Waals surface area (Å²) in [7, 11) is 0. The van der Waals surface area contributed by atoms with E-state index >= 15 is 0 Å². The SMILES string of the molecule is C=C(C)/C=C(\C=C/C)c1ccc2c(F)cccc2n1. The molecule has 1 nitrogen and oxygen atoms in total. The third-order valence-corrected chi connectivity index (χ3v) is 2.72. The number of pyridine rings is 1. The number of allylic oxidation sites excluding steroid dienone is 5. The first-order valence-corrected chi connectivity index (χ1v) is 6.17. The molecule has 1 heterocycles. The maximum absolute atomic E-state index is 13.6. The molecule has 0 unspecified atom stereocenters. The molecule has 0 saturated heterocycles. The van der Waals surface area contributed by atoms with Crippen LogP contribution in [-0.4, -0.2) is 4.98 Å². The summed E-state index contributed by atoms with van der Waals surface area (Å²) in [5, 5.41) is 0.543. The molecule has 2 heteroatoms. The highest BCUT2D eigenvalue weighted by Gasteiger charge is 2.05. The van der Waals surface area contributed by atoms with E-state index in [1.54, 1.807) is 12.1 Å². The van der Waals surface area contributed by atoms with E-state index in [9.17, 15) is 4.39 Å². The third kappa shape index (κ3) is 2.97. The van der Waals surface area contributed by atoms with E-state index < -0.39 is 0 Å². The summed E-state index contributed by atoms with van der Waals surface area (Å²) in [5.74, 6) is -0.243. The van der Waals surface area contributed by atoms with Crippen LogP contribution in [0, 0.1) is 5.82 Å². The second-order valence-corrected chi connectivity index (χ2v) is 4.45. The second-order valence-electron chi connectivity index (χ2n) is 4.45. The minimum Gasteiger partial charge on any atom is -0.248 e. The van der Waals surface area contributed by atoms with Gasteiger partial charge in [0, 0.05) is 11.0 Å². The first kappa shape index (κ1) is 13.2. The largest absolute Gasteiger partial charge is 0.248 e. The standard InChI is InChI=1S/C17H16FN/c1-4-6-13(11-12(2)3)16-10-9-14-15(18)7-5-8-17(14)19-16/h4-11H,2H2,1,3H3/b6-4-,13-11+. The van der Waals surface area contributed by atoms with Gasteiger partial charge in [0.2, 0.25) is 0 Å². The summed E-state index contributed by atoms with van der Waals surface area (Å²) in [6.07, 6.45) is 5.89. The second kappa shape index (κ2) is 5.61. The Morgan fingerprint density at radius 3 is 2.74 bits per heavy atom. The van der Waals surface area contributed by atoms with Crippen LogP contribution in [0.5, 0.6) is 0 Å². The van der Waals surface area contributed by atoms with Crippen molar-refractivity contribution in [3.05, 3.63) is 72.2 Å². The Morgan fingerprint density at radius 1 is 1.26 bits per heavy atom. The van der Waals surface area contributed by atoms with Gasteiger partial charge in [0.25, 0.3) is 0 Å². The summed E-state index contributed by atoms with van der Waals surface area (Å²) in [6.45, 7) is 7.77. The van der Waals surface area contributed by atoms with Crippen LogP contribution in [0.25, 0.3) is 16.5 Å². The van der Waals surface area contributed by atoms with E-state index in [0.717, 1.165) is 16.8 Å². The van der Waals surface area contributed by atoms with Crippen molar-refractivity contribution in [2.75, 3.05) is 0 Å². The average Bonchev–Trinajstić information content (AvgIpc) is 2.37. The van der Waals surface area contributed by atoms with Gasteiger partial charge in [-0.3, -0.25) is 0 Å². The fourth-order valence-corrected chi connectivity index (χ4v) is 1.93. The molecular weight excluding hydrogens is 237 g/mol. The predicted octanol–water partition coefficient (Wildman–Crippen LogP) is 4.91. The number of benzene rings is 1. The normalized spacial score (nSPS) is 12.3. The van der Waals surface area contributed by atoms with Crippen molar-refractivity contribution in [1.29, 1.82) is 0 Å². The highest BCUT2D eigenvalue weighted by atomic mass is 19.1. The first-order chi connectivity index (χ1) is 9.11. The van der Waals surface area contributed by atoms with Crippen molar-refractivity contribution in [2.45, 2.75) is 13.8 Å². The summed E-state index contributed by atoms with van der Waals surface area (Å²) >= 11 is 0. The zero-order valence-electron chi connectivity index (χ0n) is 11.2. The molecule has 0 fully saturated rings. The molecule has 96 valence electrons. The molecule has 0 atom stereocenters. The van der Waals surface area contributed by atoms with Crippen molar-refractivity contribution in [2.24, 2.45) is 0 Å². The molecule has 0 aliphatic rings. The van der Waals surface area contributed by atoms with Gasteiger partial charge < -0.3 is 0 Å². The highest BCUT2D eigenvalue weighted by Crippen LogP contribution is 2.21. The van der Waals surface area contributed by atoms with Gasteiger partial charge in [0.15, 0.2) is 0 Å². The fourth-order valence-electron chi connectivity index (χ4n) is 1.93. The Kier molecular flexibility index (Phi) is 3.91. The number of hydrogen-bond donors (Lipinski definition) is 0. The van der Waals surface area contributed by atoms with E-state index in [1.807, 2.05) is 44.2 Å². The fraction of sp³-hybridized carbons (Fsp3) is 0.118. The van der Waals surface area contributed by atoms with Crippen molar-refractivity contribution in [3.63, 3.8) is 0 Å². The molecule has 1 aromatic carbocycles. The van der Waals surface area contributed by atoms with Gasteiger partial charge in [-0.05, 0) is 38.1 Å². The summed E-state index contributed by atoms with van der Waals surface area (Å²) in [6, 6.07) is 8.53. The maximum atomic E-state index is 13.6. The molecule has 0 spiro atoms. The summed E-state index contributed by atoms with van der Waals surface area (Å²) in [4.78, 5) is 4.51. The molecule has 0 N–H and O–H groups in total. The average molecular weight is 253 g/mol. The van der Waals surface area contributed by atoms with E-state index in [1.165, 1.54) is 6.07 Å².